The van der Waals surface area contributed by atoms with Gasteiger partial charge in [-0.1, -0.05) is 0 Å². The molecule has 0 radical (unpaired) electrons. The number of morpholine rings is 1. The van der Waals surface area contributed by atoms with E-state index in [9.17, 15) is 17.2 Å². The zero-order valence-electron chi connectivity index (χ0n) is 10.5. The first-order valence-corrected chi connectivity index (χ1v) is 7.16. The minimum atomic E-state index is -3.85. The van der Waals surface area contributed by atoms with Crippen molar-refractivity contribution in [1.29, 1.82) is 0 Å². The van der Waals surface area contributed by atoms with E-state index in [4.69, 9.17) is 10.5 Å². The van der Waals surface area contributed by atoms with Crippen molar-refractivity contribution in [2.24, 2.45) is 5.73 Å². The van der Waals surface area contributed by atoms with Crippen LogP contribution >= 0.6 is 12.4 Å². The quantitative estimate of drug-likeness (QED) is 0.888. The number of rotatable bonds is 3. The van der Waals surface area contributed by atoms with Gasteiger partial charge in [0.05, 0.1) is 17.6 Å². The Balaban J connectivity index is 0.00000200. The molecule has 5 nitrogen and oxygen atoms in total. The van der Waals surface area contributed by atoms with Gasteiger partial charge in [-0.05, 0) is 18.2 Å². The fourth-order valence-electron chi connectivity index (χ4n) is 1.84. The van der Waals surface area contributed by atoms with Crippen LogP contribution in [-0.2, 0) is 14.8 Å². The number of hydrogen-bond donors (Lipinski definition) is 1. The van der Waals surface area contributed by atoms with Crippen molar-refractivity contribution < 1.29 is 21.9 Å². The van der Waals surface area contributed by atoms with Crippen LogP contribution in [0.15, 0.2) is 23.1 Å². The van der Waals surface area contributed by atoms with E-state index in [1.165, 1.54) is 4.31 Å². The van der Waals surface area contributed by atoms with Gasteiger partial charge in [0.1, 0.15) is 0 Å². The standard InChI is InChI=1S/C11H14F2N2O3S.ClH/c12-10-2-1-9(5-11(10)13)19(16,17)15-3-4-18-8(6-14)7-15;/h1-2,5,8H,3-4,6-7,14H2;1H. The Morgan fingerprint density at radius 2 is 2.05 bits per heavy atom. The molecule has 1 atom stereocenters. The first-order chi connectivity index (χ1) is 8.95. The molecular weight excluding hydrogens is 314 g/mol. The Morgan fingerprint density at radius 1 is 1.35 bits per heavy atom. The Bertz CT molecular complexity index is 571. The molecule has 0 aromatic heterocycles. The van der Waals surface area contributed by atoms with Gasteiger partial charge in [-0.3, -0.25) is 0 Å². The third-order valence-electron chi connectivity index (χ3n) is 2.89. The van der Waals surface area contributed by atoms with Gasteiger partial charge >= 0.3 is 0 Å². The molecule has 0 aliphatic carbocycles. The largest absolute Gasteiger partial charge is 0.374 e. The molecule has 0 amide bonds. The number of sulfonamides is 1. The lowest BCUT2D eigenvalue weighted by atomic mass is 10.3. The fraction of sp³-hybridized carbons (Fsp3) is 0.455. The smallest absolute Gasteiger partial charge is 0.243 e. The Hall–Kier alpha value is -0.800. The summed E-state index contributed by atoms with van der Waals surface area (Å²) < 4.78 is 56.9. The molecule has 9 heteroatoms. The predicted octanol–water partition coefficient (Wildman–Crippen LogP) is 0.735. The maximum absolute atomic E-state index is 13.1. The number of benzene rings is 1. The van der Waals surface area contributed by atoms with Gasteiger partial charge in [-0.25, -0.2) is 17.2 Å². The lowest BCUT2D eigenvalue weighted by Gasteiger charge is -2.31. The molecule has 0 bridgehead atoms. The van der Waals surface area contributed by atoms with Crippen molar-refractivity contribution in [3.8, 4) is 0 Å². The SMILES string of the molecule is Cl.NCC1CN(S(=O)(=O)c2ccc(F)c(F)c2)CCO1. The number of hydrogen-bond acceptors (Lipinski definition) is 4. The van der Waals surface area contributed by atoms with Gasteiger partial charge in [-0.2, -0.15) is 4.31 Å². The summed E-state index contributed by atoms with van der Waals surface area (Å²) in [7, 11) is -3.85. The van der Waals surface area contributed by atoms with Crippen LogP contribution in [-0.4, -0.2) is 45.1 Å². The topological polar surface area (TPSA) is 72.6 Å². The lowest BCUT2D eigenvalue weighted by Crippen LogP contribution is -2.48. The molecule has 114 valence electrons. The summed E-state index contributed by atoms with van der Waals surface area (Å²) in [6, 6.07) is 2.52. The minimum Gasteiger partial charge on any atom is -0.374 e. The molecule has 1 aliphatic rings. The first kappa shape index (κ1) is 17.3. The van der Waals surface area contributed by atoms with E-state index >= 15 is 0 Å². The number of ether oxygens (including phenoxy) is 1. The lowest BCUT2D eigenvalue weighted by molar-refractivity contribution is 0.00450. The molecule has 0 saturated carbocycles. The predicted molar refractivity (Wildman–Crippen MR) is 71.2 cm³/mol. The van der Waals surface area contributed by atoms with Crippen LogP contribution in [0, 0.1) is 11.6 Å². The highest BCUT2D eigenvalue weighted by Gasteiger charge is 2.30. The zero-order valence-corrected chi connectivity index (χ0v) is 12.1. The van der Waals surface area contributed by atoms with E-state index in [-0.39, 0.29) is 49.6 Å². The van der Waals surface area contributed by atoms with E-state index in [0.29, 0.717) is 6.07 Å². The molecule has 0 spiro atoms. The molecule has 20 heavy (non-hydrogen) atoms. The maximum Gasteiger partial charge on any atom is 0.243 e. The van der Waals surface area contributed by atoms with E-state index < -0.39 is 21.7 Å². The van der Waals surface area contributed by atoms with E-state index in [0.717, 1.165) is 12.1 Å². The Morgan fingerprint density at radius 3 is 2.65 bits per heavy atom. The van der Waals surface area contributed by atoms with Crippen molar-refractivity contribution in [2.45, 2.75) is 11.0 Å². The summed E-state index contributed by atoms with van der Waals surface area (Å²) in [5, 5.41) is 0. The van der Waals surface area contributed by atoms with Crippen molar-refractivity contribution >= 4 is 22.4 Å². The molecule has 1 aliphatic heterocycles. The van der Waals surface area contributed by atoms with Crippen molar-refractivity contribution in [1.82, 2.24) is 4.31 Å². The average Bonchev–Trinajstić information content (AvgIpc) is 2.41. The zero-order chi connectivity index (χ0) is 14.0. The highest BCUT2D eigenvalue weighted by molar-refractivity contribution is 7.89. The van der Waals surface area contributed by atoms with Crippen LogP contribution in [0.1, 0.15) is 0 Å². The second kappa shape index (κ2) is 6.77. The van der Waals surface area contributed by atoms with Gasteiger partial charge in [-0.15, -0.1) is 12.4 Å². The summed E-state index contributed by atoms with van der Waals surface area (Å²) in [5.74, 6) is -2.27. The van der Waals surface area contributed by atoms with Gasteiger partial charge in [0.2, 0.25) is 10.0 Å². The Labute approximate surface area is 122 Å². The molecule has 1 aromatic carbocycles. The van der Waals surface area contributed by atoms with Crippen molar-refractivity contribution in [3.05, 3.63) is 29.8 Å². The normalized spacial score (nSPS) is 20.4. The molecule has 1 heterocycles. The molecule has 1 aromatic rings. The monoisotopic (exact) mass is 328 g/mol. The van der Waals surface area contributed by atoms with Crippen LogP contribution in [0.25, 0.3) is 0 Å². The summed E-state index contributed by atoms with van der Waals surface area (Å²) in [4.78, 5) is -0.274. The minimum absolute atomic E-state index is 0. The average molecular weight is 329 g/mol. The van der Waals surface area contributed by atoms with Gasteiger partial charge in [0, 0.05) is 19.6 Å². The van der Waals surface area contributed by atoms with E-state index in [2.05, 4.69) is 0 Å². The summed E-state index contributed by atoms with van der Waals surface area (Å²) in [6.45, 7) is 0.699. The molecular formula is C11H15ClF2N2O3S. The van der Waals surface area contributed by atoms with Crippen molar-refractivity contribution in [2.75, 3.05) is 26.2 Å². The highest BCUT2D eigenvalue weighted by Crippen LogP contribution is 2.20. The molecule has 1 saturated heterocycles. The van der Waals surface area contributed by atoms with E-state index in [1.807, 2.05) is 0 Å². The van der Waals surface area contributed by atoms with Crippen molar-refractivity contribution in [3.63, 3.8) is 0 Å². The highest BCUT2D eigenvalue weighted by atomic mass is 35.5. The van der Waals surface area contributed by atoms with Crippen LogP contribution in [0.2, 0.25) is 0 Å². The fourth-order valence-corrected chi connectivity index (χ4v) is 3.31. The third-order valence-corrected chi connectivity index (χ3v) is 4.75. The molecule has 1 fully saturated rings. The second-order valence-corrected chi connectivity index (χ2v) is 6.11. The van der Waals surface area contributed by atoms with E-state index in [1.54, 1.807) is 0 Å². The summed E-state index contributed by atoms with van der Waals surface area (Å²) in [6.07, 6.45) is -0.381. The summed E-state index contributed by atoms with van der Waals surface area (Å²) in [5.41, 5.74) is 5.44. The van der Waals surface area contributed by atoms with Crippen LogP contribution < -0.4 is 5.73 Å². The number of nitrogens with two attached hydrogens (primary N) is 1. The molecule has 2 N–H and O–H groups in total. The van der Waals surface area contributed by atoms with Crippen LogP contribution in [0.4, 0.5) is 8.78 Å². The van der Waals surface area contributed by atoms with Gasteiger partial charge in [0.25, 0.3) is 0 Å². The van der Waals surface area contributed by atoms with Crippen LogP contribution in [0.3, 0.4) is 0 Å². The summed E-state index contributed by atoms with van der Waals surface area (Å²) >= 11 is 0. The maximum atomic E-state index is 13.1. The number of nitrogens with zero attached hydrogens (tertiary/aromatic N) is 1. The first-order valence-electron chi connectivity index (χ1n) is 5.72. The molecule has 2 rings (SSSR count). The van der Waals surface area contributed by atoms with Gasteiger partial charge < -0.3 is 10.5 Å². The third kappa shape index (κ3) is 3.44. The number of halogens is 3. The molecule has 1 unspecified atom stereocenters. The second-order valence-electron chi connectivity index (χ2n) is 4.17. The Kier molecular flexibility index (Phi) is 5.84. The van der Waals surface area contributed by atoms with Gasteiger partial charge in [0.15, 0.2) is 11.6 Å². The van der Waals surface area contributed by atoms with Crippen LogP contribution in [0.5, 0.6) is 0 Å².